The van der Waals surface area contributed by atoms with Crippen molar-refractivity contribution in [3.8, 4) is 11.1 Å². The molecule has 1 fully saturated rings. The first-order chi connectivity index (χ1) is 16.9. The Bertz CT molecular complexity index is 1040. The molecule has 0 bridgehead atoms. The van der Waals surface area contributed by atoms with Gasteiger partial charge in [-0.15, -0.1) is 0 Å². The van der Waals surface area contributed by atoms with E-state index in [9.17, 15) is 19.5 Å². The van der Waals surface area contributed by atoms with E-state index in [0.717, 1.165) is 0 Å². The third kappa shape index (κ3) is 5.50. The normalized spacial score (nSPS) is 20.0. The second-order valence-corrected chi connectivity index (χ2v) is 9.76. The van der Waals surface area contributed by atoms with Crippen LogP contribution in [0.15, 0.2) is 48.5 Å². The van der Waals surface area contributed by atoms with Gasteiger partial charge in [0.15, 0.2) is 0 Å². The van der Waals surface area contributed by atoms with E-state index in [1.165, 1.54) is 22.3 Å². The second kappa shape index (κ2) is 10.9. The van der Waals surface area contributed by atoms with E-state index in [-0.39, 0.29) is 30.4 Å². The summed E-state index contributed by atoms with van der Waals surface area (Å²) < 4.78 is 5.58. The van der Waals surface area contributed by atoms with Gasteiger partial charge >= 0.3 is 12.1 Å². The number of carboxylic acids is 1. The molecule has 1 aliphatic carbocycles. The van der Waals surface area contributed by atoms with Gasteiger partial charge in [-0.05, 0) is 54.4 Å². The highest BCUT2D eigenvalue weighted by Crippen LogP contribution is 2.44. The van der Waals surface area contributed by atoms with Gasteiger partial charge in [0.1, 0.15) is 6.61 Å². The minimum absolute atomic E-state index is 0.0172. The highest BCUT2D eigenvalue weighted by atomic mass is 16.5. The van der Waals surface area contributed by atoms with E-state index in [1.807, 2.05) is 38.1 Å². The Morgan fingerprint density at radius 1 is 1.09 bits per heavy atom. The number of carboxylic acid groups (broad SMARTS) is 1. The summed E-state index contributed by atoms with van der Waals surface area (Å²) in [6.07, 6.45) is 1.82. The molecule has 35 heavy (non-hydrogen) atoms. The summed E-state index contributed by atoms with van der Waals surface area (Å²) in [5.74, 6) is -1.24. The molecule has 0 radical (unpaired) electrons. The number of likely N-dealkylation sites (tertiary alicyclic amines) is 1. The average molecular weight is 479 g/mol. The van der Waals surface area contributed by atoms with Crippen molar-refractivity contribution in [3.63, 3.8) is 0 Å². The molecule has 2 amide bonds. The number of nitrogens with zero attached hydrogens (tertiary/aromatic N) is 1. The molecule has 1 unspecified atom stereocenters. The van der Waals surface area contributed by atoms with E-state index in [2.05, 4.69) is 29.6 Å². The van der Waals surface area contributed by atoms with Crippen LogP contribution in [0.2, 0.25) is 0 Å². The second-order valence-electron chi connectivity index (χ2n) is 9.76. The number of fused-ring (bicyclic) bond motifs is 3. The van der Waals surface area contributed by atoms with Crippen molar-refractivity contribution in [1.82, 2.24) is 10.2 Å². The summed E-state index contributed by atoms with van der Waals surface area (Å²) in [6, 6.07) is 16.1. The van der Waals surface area contributed by atoms with Crippen LogP contribution < -0.4 is 5.32 Å². The molecule has 2 aromatic rings. The van der Waals surface area contributed by atoms with Crippen molar-refractivity contribution in [2.75, 3.05) is 19.7 Å². The van der Waals surface area contributed by atoms with E-state index in [1.54, 1.807) is 4.90 Å². The Balaban J connectivity index is 1.22. The molecule has 2 aliphatic rings. The molecule has 0 aromatic heterocycles. The third-order valence-corrected chi connectivity index (χ3v) is 7.42. The van der Waals surface area contributed by atoms with Crippen molar-refractivity contribution in [1.29, 1.82) is 0 Å². The minimum Gasteiger partial charge on any atom is -0.481 e. The zero-order chi connectivity index (χ0) is 24.9. The molecular weight excluding hydrogens is 444 g/mol. The number of piperidine rings is 1. The van der Waals surface area contributed by atoms with Crippen molar-refractivity contribution < 1.29 is 24.2 Å². The summed E-state index contributed by atoms with van der Waals surface area (Å²) in [4.78, 5) is 38.2. The fourth-order valence-corrected chi connectivity index (χ4v) is 5.35. The first kappa shape index (κ1) is 24.8. The molecule has 3 atom stereocenters. The van der Waals surface area contributed by atoms with Crippen LogP contribution in [0.3, 0.4) is 0 Å². The lowest BCUT2D eigenvalue weighted by Crippen LogP contribution is -2.49. The quantitative estimate of drug-likeness (QED) is 0.576. The zero-order valence-electron chi connectivity index (χ0n) is 20.4. The summed E-state index contributed by atoms with van der Waals surface area (Å²) in [5, 5.41) is 12.2. The Morgan fingerprint density at radius 3 is 2.34 bits per heavy atom. The van der Waals surface area contributed by atoms with E-state index < -0.39 is 18.0 Å². The summed E-state index contributed by atoms with van der Waals surface area (Å²) >= 11 is 0. The highest BCUT2D eigenvalue weighted by Gasteiger charge is 2.35. The number of nitrogens with one attached hydrogen (secondary N) is 1. The van der Waals surface area contributed by atoms with E-state index in [0.29, 0.717) is 38.8 Å². The van der Waals surface area contributed by atoms with Gasteiger partial charge in [-0.1, -0.05) is 55.5 Å². The van der Waals surface area contributed by atoms with E-state index in [4.69, 9.17) is 4.74 Å². The topological polar surface area (TPSA) is 95.9 Å². The predicted octanol–water partition coefficient (Wildman–Crippen LogP) is 4.65. The number of benzene rings is 2. The lowest BCUT2D eigenvalue weighted by atomic mass is 9.90. The van der Waals surface area contributed by atoms with Gasteiger partial charge in [0, 0.05) is 31.5 Å². The van der Waals surface area contributed by atoms with Crippen molar-refractivity contribution >= 4 is 18.0 Å². The summed E-state index contributed by atoms with van der Waals surface area (Å²) in [7, 11) is 0. The van der Waals surface area contributed by atoms with Crippen molar-refractivity contribution in [2.24, 2.45) is 11.8 Å². The smallest absolute Gasteiger partial charge is 0.407 e. The molecule has 186 valence electrons. The van der Waals surface area contributed by atoms with Gasteiger partial charge in [-0.2, -0.15) is 0 Å². The zero-order valence-corrected chi connectivity index (χ0v) is 20.4. The Morgan fingerprint density at radius 2 is 1.71 bits per heavy atom. The number of hydrogen-bond donors (Lipinski definition) is 2. The average Bonchev–Trinajstić information content (AvgIpc) is 3.18. The van der Waals surface area contributed by atoms with E-state index >= 15 is 0 Å². The molecule has 4 rings (SSSR count). The van der Waals surface area contributed by atoms with Crippen LogP contribution in [0.25, 0.3) is 11.1 Å². The van der Waals surface area contributed by atoms with Crippen LogP contribution in [0.4, 0.5) is 4.79 Å². The maximum absolute atomic E-state index is 12.7. The predicted molar refractivity (Wildman–Crippen MR) is 133 cm³/mol. The van der Waals surface area contributed by atoms with Crippen molar-refractivity contribution in [3.05, 3.63) is 59.7 Å². The maximum Gasteiger partial charge on any atom is 0.407 e. The van der Waals surface area contributed by atoms with Crippen LogP contribution in [0, 0.1) is 11.8 Å². The Hall–Kier alpha value is -3.35. The molecule has 1 heterocycles. The molecule has 0 spiro atoms. The fourth-order valence-electron chi connectivity index (χ4n) is 5.35. The largest absolute Gasteiger partial charge is 0.481 e. The number of amides is 2. The Labute approximate surface area is 206 Å². The number of aliphatic carboxylic acids is 1. The lowest BCUT2D eigenvalue weighted by molar-refractivity contribution is -0.149. The number of carbonyl (C=O) groups excluding carboxylic acids is 2. The van der Waals surface area contributed by atoms with Crippen LogP contribution in [0.5, 0.6) is 0 Å². The number of carbonyl (C=O) groups is 3. The van der Waals surface area contributed by atoms with Gasteiger partial charge in [0.25, 0.3) is 0 Å². The molecular formula is C28H34N2O5. The van der Waals surface area contributed by atoms with Gasteiger partial charge in [0.05, 0.1) is 5.92 Å². The molecule has 1 saturated heterocycles. The van der Waals surface area contributed by atoms with Crippen molar-refractivity contribution in [2.45, 2.75) is 51.5 Å². The number of alkyl carbamates (subject to hydrolysis) is 1. The molecule has 7 nitrogen and oxygen atoms in total. The van der Waals surface area contributed by atoms with Crippen LogP contribution in [-0.2, 0) is 14.3 Å². The minimum atomic E-state index is -0.837. The number of rotatable bonds is 8. The summed E-state index contributed by atoms with van der Waals surface area (Å²) in [6.45, 7) is 5.09. The van der Waals surface area contributed by atoms with Gasteiger partial charge in [-0.3, -0.25) is 9.59 Å². The highest BCUT2D eigenvalue weighted by molar-refractivity contribution is 5.79. The molecule has 0 saturated carbocycles. The fraction of sp³-hybridized carbons (Fsp3) is 0.464. The van der Waals surface area contributed by atoms with Crippen LogP contribution in [-0.4, -0.2) is 53.7 Å². The molecule has 7 heteroatoms. The SMILES string of the molecule is CC(CCC(=O)N1CCC[C@@H](C(=O)O)[C@H]1C)CNC(=O)OCC1c2ccccc2-c2ccccc21. The van der Waals surface area contributed by atoms with Gasteiger partial charge in [0.2, 0.25) is 5.91 Å². The lowest BCUT2D eigenvalue weighted by Gasteiger charge is -2.37. The number of ether oxygens (including phenoxy) is 1. The molecule has 2 N–H and O–H groups in total. The Kier molecular flexibility index (Phi) is 7.73. The number of hydrogen-bond acceptors (Lipinski definition) is 4. The molecule has 2 aromatic carbocycles. The summed E-state index contributed by atoms with van der Waals surface area (Å²) in [5.41, 5.74) is 4.72. The monoisotopic (exact) mass is 478 g/mol. The first-order valence-electron chi connectivity index (χ1n) is 12.5. The van der Waals surface area contributed by atoms with Crippen LogP contribution in [0.1, 0.15) is 56.6 Å². The first-order valence-corrected chi connectivity index (χ1v) is 12.5. The molecule has 1 aliphatic heterocycles. The maximum atomic E-state index is 12.7. The van der Waals surface area contributed by atoms with Gasteiger partial charge in [-0.25, -0.2) is 4.79 Å². The van der Waals surface area contributed by atoms with Crippen LogP contribution >= 0.6 is 0 Å². The van der Waals surface area contributed by atoms with Gasteiger partial charge < -0.3 is 20.1 Å². The standard InChI is InChI=1S/C28H34N2O5/c1-18(13-14-26(31)30-15-7-12-20(19(30)2)27(32)33)16-29-28(34)35-17-25-23-10-5-3-8-21(23)22-9-4-6-11-24(22)25/h3-6,8-11,18-20,25H,7,12-17H2,1-2H3,(H,29,34)(H,32,33)/t18?,19-,20-/m1/s1. The third-order valence-electron chi connectivity index (χ3n) is 7.42.